The molecule has 1 aliphatic carbocycles. The Labute approximate surface area is 126 Å². The Kier molecular flexibility index (Phi) is 4.99. The fourth-order valence-corrected chi connectivity index (χ4v) is 3.00. The highest BCUT2D eigenvalue weighted by molar-refractivity contribution is 5.86. The van der Waals surface area contributed by atoms with Gasteiger partial charge in [0.05, 0.1) is 11.6 Å². The first-order chi connectivity index (χ1) is 9.92. The quantitative estimate of drug-likeness (QED) is 0.894. The van der Waals surface area contributed by atoms with Gasteiger partial charge in [-0.1, -0.05) is 45.2 Å². The van der Waals surface area contributed by atoms with Crippen LogP contribution in [0.4, 0.5) is 4.39 Å². The van der Waals surface area contributed by atoms with Crippen molar-refractivity contribution in [3.63, 3.8) is 0 Å². The maximum Gasteiger partial charge on any atom is 0.240 e. The Balaban J connectivity index is 2.12. The first kappa shape index (κ1) is 16.0. The first-order valence-corrected chi connectivity index (χ1v) is 7.78. The van der Waals surface area contributed by atoms with Crippen molar-refractivity contribution < 1.29 is 9.18 Å². The van der Waals surface area contributed by atoms with E-state index in [0.717, 1.165) is 37.7 Å². The number of rotatable bonds is 4. The summed E-state index contributed by atoms with van der Waals surface area (Å²) in [5.74, 6) is -0.132. The molecule has 1 unspecified atom stereocenters. The van der Waals surface area contributed by atoms with E-state index in [4.69, 9.17) is 5.73 Å². The van der Waals surface area contributed by atoms with E-state index in [0.29, 0.717) is 0 Å². The van der Waals surface area contributed by atoms with Crippen molar-refractivity contribution in [1.82, 2.24) is 5.32 Å². The van der Waals surface area contributed by atoms with Crippen LogP contribution in [0.1, 0.15) is 57.6 Å². The van der Waals surface area contributed by atoms with Crippen LogP contribution in [0.2, 0.25) is 0 Å². The van der Waals surface area contributed by atoms with Crippen molar-refractivity contribution in [2.24, 2.45) is 11.7 Å². The number of benzene rings is 1. The standard InChI is InChI=1S/C17H25FN2O/c1-12(2)15(13-6-8-14(18)9-7-13)20-16(21)17(19)10-4-3-5-11-17/h6-9,12,15H,3-5,10-11,19H2,1-2H3,(H,20,21). The van der Waals surface area contributed by atoms with E-state index < -0.39 is 5.54 Å². The predicted octanol–water partition coefficient (Wildman–Crippen LogP) is 3.30. The lowest BCUT2D eigenvalue weighted by Gasteiger charge is -2.34. The van der Waals surface area contributed by atoms with Crippen molar-refractivity contribution >= 4 is 5.91 Å². The molecule has 21 heavy (non-hydrogen) atoms. The predicted molar refractivity (Wildman–Crippen MR) is 82.1 cm³/mol. The molecule has 1 aliphatic rings. The fourth-order valence-electron chi connectivity index (χ4n) is 3.00. The van der Waals surface area contributed by atoms with Gasteiger partial charge in [-0.2, -0.15) is 0 Å². The zero-order chi connectivity index (χ0) is 15.5. The molecule has 1 atom stereocenters. The van der Waals surface area contributed by atoms with E-state index in [1.807, 2.05) is 13.8 Å². The van der Waals surface area contributed by atoms with Crippen LogP contribution in [-0.2, 0) is 4.79 Å². The van der Waals surface area contributed by atoms with Crippen LogP contribution in [-0.4, -0.2) is 11.4 Å². The van der Waals surface area contributed by atoms with E-state index in [9.17, 15) is 9.18 Å². The van der Waals surface area contributed by atoms with Crippen molar-refractivity contribution in [1.29, 1.82) is 0 Å². The molecule has 0 heterocycles. The monoisotopic (exact) mass is 292 g/mol. The summed E-state index contributed by atoms with van der Waals surface area (Å²) in [6.07, 6.45) is 4.65. The highest BCUT2D eigenvalue weighted by Gasteiger charge is 2.36. The summed E-state index contributed by atoms with van der Waals surface area (Å²) < 4.78 is 13.1. The summed E-state index contributed by atoms with van der Waals surface area (Å²) in [6.45, 7) is 4.08. The SMILES string of the molecule is CC(C)C(NC(=O)C1(N)CCCCC1)c1ccc(F)cc1. The van der Waals surface area contributed by atoms with Gasteiger partial charge in [0.2, 0.25) is 5.91 Å². The second kappa shape index (κ2) is 6.56. The minimum absolute atomic E-state index is 0.0785. The molecular weight excluding hydrogens is 267 g/mol. The third-order valence-electron chi connectivity index (χ3n) is 4.38. The normalized spacial score (nSPS) is 19.3. The molecule has 3 N–H and O–H groups in total. The molecule has 4 heteroatoms. The van der Waals surface area contributed by atoms with Crippen LogP contribution in [0.15, 0.2) is 24.3 Å². The third-order valence-corrected chi connectivity index (χ3v) is 4.38. The smallest absolute Gasteiger partial charge is 0.240 e. The molecule has 1 saturated carbocycles. The van der Waals surface area contributed by atoms with E-state index in [1.165, 1.54) is 12.1 Å². The summed E-state index contributed by atoms with van der Waals surface area (Å²) in [6, 6.07) is 6.17. The molecule has 0 aromatic heterocycles. The Morgan fingerprint density at radius 2 is 1.76 bits per heavy atom. The summed E-state index contributed by atoms with van der Waals surface area (Å²) in [5, 5.41) is 3.08. The Hall–Kier alpha value is -1.42. The third kappa shape index (κ3) is 3.82. The number of carbonyl (C=O) groups is 1. The summed E-state index contributed by atoms with van der Waals surface area (Å²) in [5.41, 5.74) is 6.45. The fraction of sp³-hybridized carbons (Fsp3) is 0.588. The highest BCUT2D eigenvalue weighted by Crippen LogP contribution is 2.28. The van der Waals surface area contributed by atoms with Crippen LogP contribution in [0, 0.1) is 11.7 Å². The topological polar surface area (TPSA) is 55.1 Å². The lowest BCUT2D eigenvalue weighted by molar-refractivity contribution is -0.128. The van der Waals surface area contributed by atoms with E-state index >= 15 is 0 Å². The van der Waals surface area contributed by atoms with E-state index in [-0.39, 0.29) is 23.7 Å². The van der Waals surface area contributed by atoms with E-state index in [2.05, 4.69) is 5.32 Å². The minimum Gasteiger partial charge on any atom is -0.347 e. The summed E-state index contributed by atoms with van der Waals surface area (Å²) in [7, 11) is 0. The summed E-state index contributed by atoms with van der Waals surface area (Å²) >= 11 is 0. The Bertz CT molecular complexity index is 478. The number of nitrogens with one attached hydrogen (secondary N) is 1. The maximum atomic E-state index is 13.1. The molecule has 0 radical (unpaired) electrons. The number of carbonyl (C=O) groups excluding carboxylic acids is 1. The molecule has 0 saturated heterocycles. The maximum absolute atomic E-state index is 13.1. The first-order valence-electron chi connectivity index (χ1n) is 7.78. The lowest BCUT2D eigenvalue weighted by atomic mass is 9.81. The zero-order valence-corrected chi connectivity index (χ0v) is 12.9. The molecule has 1 amide bonds. The second-order valence-corrected chi connectivity index (χ2v) is 6.46. The van der Waals surface area contributed by atoms with Gasteiger partial charge in [0.1, 0.15) is 5.82 Å². The molecule has 3 nitrogen and oxygen atoms in total. The molecule has 0 spiro atoms. The van der Waals surface area contributed by atoms with Crippen LogP contribution in [0.5, 0.6) is 0 Å². The van der Waals surface area contributed by atoms with Crippen LogP contribution in [0.25, 0.3) is 0 Å². The van der Waals surface area contributed by atoms with Gasteiger partial charge >= 0.3 is 0 Å². The molecule has 0 bridgehead atoms. The van der Waals surface area contributed by atoms with Crippen LogP contribution in [0.3, 0.4) is 0 Å². The highest BCUT2D eigenvalue weighted by atomic mass is 19.1. The number of hydrogen-bond donors (Lipinski definition) is 2. The molecule has 1 fully saturated rings. The van der Waals surface area contributed by atoms with Gasteiger partial charge in [0, 0.05) is 0 Å². The minimum atomic E-state index is -0.745. The largest absolute Gasteiger partial charge is 0.347 e. The average Bonchev–Trinajstić information content (AvgIpc) is 2.46. The van der Waals surface area contributed by atoms with Gasteiger partial charge < -0.3 is 11.1 Å². The van der Waals surface area contributed by atoms with Crippen molar-refractivity contribution in [3.05, 3.63) is 35.6 Å². The molecular formula is C17H25FN2O. The van der Waals surface area contributed by atoms with Crippen LogP contribution < -0.4 is 11.1 Å². The van der Waals surface area contributed by atoms with Gasteiger partial charge in [0.15, 0.2) is 0 Å². The molecule has 1 aromatic rings. The number of amides is 1. The van der Waals surface area contributed by atoms with Gasteiger partial charge in [-0.05, 0) is 36.5 Å². The Morgan fingerprint density at radius 3 is 2.29 bits per heavy atom. The van der Waals surface area contributed by atoms with E-state index in [1.54, 1.807) is 12.1 Å². The molecule has 0 aliphatic heterocycles. The average molecular weight is 292 g/mol. The van der Waals surface area contributed by atoms with Gasteiger partial charge in [-0.25, -0.2) is 4.39 Å². The van der Waals surface area contributed by atoms with Crippen molar-refractivity contribution in [2.45, 2.75) is 57.5 Å². The number of nitrogens with two attached hydrogens (primary N) is 1. The van der Waals surface area contributed by atoms with Crippen LogP contribution >= 0.6 is 0 Å². The second-order valence-electron chi connectivity index (χ2n) is 6.46. The zero-order valence-electron chi connectivity index (χ0n) is 12.9. The lowest BCUT2D eigenvalue weighted by Crippen LogP contribution is -2.56. The van der Waals surface area contributed by atoms with Gasteiger partial charge in [0.25, 0.3) is 0 Å². The number of hydrogen-bond acceptors (Lipinski definition) is 2. The number of halogens is 1. The van der Waals surface area contributed by atoms with Gasteiger partial charge in [-0.15, -0.1) is 0 Å². The Morgan fingerprint density at radius 1 is 1.19 bits per heavy atom. The van der Waals surface area contributed by atoms with Crippen molar-refractivity contribution in [2.75, 3.05) is 0 Å². The van der Waals surface area contributed by atoms with Gasteiger partial charge in [-0.3, -0.25) is 4.79 Å². The molecule has 1 aromatic carbocycles. The molecule has 116 valence electrons. The molecule has 2 rings (SSSR count). The summed E-state index contributed by atoms with van der Waals surface area (Å²) in [4.78, 5) is 12.6. The van der Waals surface area contributed by atoms with Crippen molar-refractivity contribution in [3.8, 4) is 0 Å².